The smallest absolute Gasteiger partial charge is 0.289 e. The Labute approximate surface area is 174 Å². The zero-order chi connectivity index (χ0) is 20.8. The Hall–Kier alpha value is -2.67. The highest BCUT2D eigenvalue weighted by Gasteiger charge is 2.26. The molecule has 29 heavy (non-hydrogen) atoms. The predicted octanol–water partition coefficient (Wildman–Crippen LogP) is 4.22. The number of amides is 2. The zero-order valence-electron chi connectivity index (χ0n) is 16.6. The van der Waals surface area contributed by atoms with E-state index in [0.29, 0.717) is 48.3 Å². The third-order valence-electron chi connectivity index (χ3n) is 5.01. The minimum absolute atomic E-state index is 0.0783. The van der Waals surface area contributed by atoms with Crippen molar-refractivity contribution in [3.05, 3.63) is 41.1 Å². The first-order valence-corrected chi connectivity index (χ1v) is 9.94. The summed E-state index contributed by atoms with van der Waals surface area (Å²) < 4.78 is 15.5. The highest BCUT2D eigenvalue weighted by atomic mass is 35.5. The lowest BCUT2D eigenvalue weighted by atomic mass is 9.93. The number of likely N-dealkylation sites (tertiary alicyclic amines) is 1. The number of anilines is 1. The molecule has 156 valence electrons. The lowest BCUT2D eigenvalue weighted by molar-refractivity contribution is -0.116. The van der Waals surface area contributed by atoms with Crippen molar-refractivity contribution in [1.82, 2.24) is 4.90 Å². The van der Waals surface area contributed by atoms with Gasteiger partial charge in [-0.1, -0.05) is 11.6 Å². The van der Waals surface area contributed by atoms with Gasteiger partial charge in [0.2, 0.25) is 5.91 Å². The molecule has 1 aliphatic rings. The van der Waals surface area contributed by atoms with Crippen molar-refractivity contribution < 1.29 is 23.5 Å². The van der Waals surface area contributed by atoms with Gasteiger partial charge < -0.3 is 24.1 Å². The lowest BCUT2D eigenvalue weighted by Gasteiger charge is -2.32. The summed E-state index contributed by atoms with van der Waals surface area (Å²) in [4.78, 5) is 26.7. The van der Waals surface area contributed by atoms with E-state index in [1.54, 1.807) is 42.3 Å². The molecule has 1 aliphatic heterocycles. The summed E-state index contributed by atoms with van der Waals surface area (Å²) in [6, 6.07) is 8.38. The predicted molar refractivity (Wildman–Crippen MR) is 110 cm³/mol. The van der Waals surface area contributed by atoms with Crippen molar-refractivity contribution in [2.45, 2.75) is 25.7 Å². The summed E-state index contributed by atoms with van der Waals surface area (Å²) in [5.41, 5.74) is 0.632. The molecule has 2 heterocycles. The maximum Gasteiger partial charge on any atom is 0.289 e. The molecule has 0 aliphatic carbocycles. The molecule has 0 saturated carbocycles. The van der Waals surface area contributed by atoms with Crippen LogP contribution in [-0.4, -0.2) is 44.0 Å². The summed E-state index contributed by atoms with van der Waals surface area (Å²) in [7, 11) is 3.04. The van der Waals surface area contributed by atoms with Gasteiger partial charge in [0.1, 0.15) is 5.75 Å². The molecule has 0 radical (unpaired) electrons. The fourth-order valence-corrected chi connectivity index (χ4v) is 3.75. The third kappa shape index (κ3) is 5.44. The van der Waals surface area contributed by atoms with Gasteiger partial charge >= 0.3 is 0 Å². The summed E-state index contributed by atoms with van der Waals surface area (Å²) >= 11 is 6.09. The molecular weight excluding hydrogens is 396 g/mol. The van der Waals surface area contributed by atoms with Crippen LogP contribution in [0.25, 0.3) is 0 Å². The standard InChI is InChI=1S/C21H25ClN2O5/c1-27-17-7-6-15(12-16(17)22)23-19(25)9-5-14-4-3-11-24(13-14)21(26)18-8-10-20(28-2)29-18/h6-8,10,12,14H,3-5,9,11,13H2,1-2H3,(H,23,25)/t14-/m0/s1. The van der Waals surface area contributed by atoms with Crippen LogP contribution in [0.2, 0.25) is 5.02 Å². The Morgan fingerprint density at radius 2 is 2.07 bits per heavy atom. The van der Waals surface area contributed by atoms with Crippen LogP contribution in [0.15, 0.2) is 34.7 Å². The van der Waals surface area contributed by atoms with E-state index in [4.69, 9.17) is 25.5 Å². The summed E-state index contributed by atoms with van der Waals surface area (Å²) in [6.07, 6.45) is 2.99. The Balaban J connectivity index is 1.49. The highest BCUT2D eigenvalue weighted by Crippen LogP contribution is 2.28. The van der Waals surface area contributed by atoms with Gasteiger partial charge in [-0.05, 0) is 49.4 Å². The van der Waals surface area contributed by atoms with E-state index >= 15 is 0 Å². The van der Waals surface area contributed by atoms with Gasteiger partial charge in [-0.2, -0.15) is 0 Å². The fourth-order valence-electron chi connectivity index (χ4n) is 3.49. The Bertz CT molecular complexity index is 867. The number of benzene rings is 1. The van der Waals surface area contributed by atoms with Crippen molar-refractivity contribution in [2.24, 2.45) is 5.92 Å². The monoisotopic (exact) mass is 420 g/mol. The number of nitrogens with one attached hydrogen (secondary N) is 1. The van der Waals surface area contributed by atoms with Crippen LogP contribution in [0.5, 0.6) is 11.7 Å². The van der Waals surface area contributed by atoms with E-state index in [1.165, 1.54) is 7.11 Å². The van der Waals surface area contributed by atoms with E-state index in [2.05, 4.69) is 5.32 Å². The van der Waals surface area contributed by atoms with Gasteiger partial charge in [-0.3, -0.25) is 9.59 Å². The van der Waals surface area contributed by atoms with Crippen molar-refractivity contribution in [3.8, 4) is 11.7 Å². The second-order valence-electron chi connectivity index (χ2n) is 7.02. The molecule has 0 bridgehead atoms. The first kappa shape index (κ1) is 21.0. The van der Waals surface area contributed by atoms with Gasteiger partial charge in [-0.25, -0.2) is 0 Å². The normalized spacial score (nSPS) is 16.4. The van der Waals surface area contributed by atoms with E-state index in [1.807, 2.05) is 0 Å². The fraction of sp³-hybridized carbons (Fsp3) is 0.429. The van der Waals surface area contributed by atoms with Crippen LogP contribution in [0.4, 0.5) is 5.69 Å². The molecule has 2 aromatic rings. The van der Waals surface area contributed by atoms with E-state index in [9.17, 15) is 9.59 Å². The minimum atomic E-state index is -0.143. The Kier molecular flexibility index (Phi) is 7.04. The van der Waals surface area contributed by atoms with Crippen LogP contribution in [0, 0.1) is 5.92 Å². The number of hydrogen-bond donors (Lipinski definition) is 1. The molecule has 1 aromatic heterocycles. The number of nitrogens with zero attached hydrogens (tertiary/aromatic N) is 1. The number of methoxy groups -OCH3 is 2. The molecule has 3 rings (SSSR count). The molecular formula is C21H25ClN2O5. The van der Waals surface area contributed by atoms with Crippen LogP contribution >= 0.6 is 11.6 Å². The summed E-state index contributed by atoms with van der Waals surface area (Å²) in [5.74, 6) is 1.20. The molecule has 7 nitrogen and oxygen atoms in total. The van der Waals surface area contributed by atoms with Gasteiger partial charge in [0.15, 0.2) is 5.76 Å². The SMILES string of the molecule is COc1ccc(C(=O)N2CCC[C@@H](CCC(=O)Nc3ccc(OC)c(Cl)c3)C2)o1. The van der Waals surface area contributed by atoms with Crippen molar-refractivity contribution in [3.63, 3.8) is 0 Å². The Morgan fingerprint density at radius 3 is 2.76 bits per heavy atom. The lowest BCUT2D eigenvalue weighted by Crippen LogP contribution is -2.40. The first-order valence-electron chi connectivity index (χ1n) is 9.56. The number of carbonyl (C=O) groups is 2. The van der Waals surface area contributed by atoms with Crippen LogP contribution in [0.3, 0.4) is 0 Å². The molecule has 1 N–H and O–H groups in total. The van der Waals surface area contributed by atoms with Crippen LogP contribution in [-0.2, 0) is 4.79 Å². The van der Waals surface area contributed by atoms with E-state index in [0.717, 1.165) is 12.8 Å². The van der Waals surface area contributed by atoms with Crippen molar-refractivity contribution in [2.75, 3.05) is 32.6 Å². The van der Waals surface area contributed by atoms with Gasteiger partial charge in [0.25, 0.3) is 11.9 Å². The van der Waals surface area contributed by atoms with E-state index in [-0.39, 0.29) is 23.5 Å². The molecule has 8 heteroatoms. The van der Waals surface area contributed by atoms with Gasteiger partial charge in [0.05, 0.1) is 19.2 Å². The second kappa shape index (κ2) is 9.69. The third-order valence-corrected chi connectivity index (χ3v) is 5.31. The molecule has 0 spiro atoms. The van der Waals surface area contributed by atoms with Gasteiger partial charge in [-0.15, -0.1) is 0 Å². The van der Waals surface area contributed by atoms with Gasteiger partial charge in [0, 0.05) is 31.3 Å². The number of piperidine rings is 1. The topological polar surface area (TPSA) is 81.0 Å². The van der Waals surface area contributed by atoms with Crippen molar-refractivity contribution >= 4 is 29.1 Å². The summed E-state index contributed by atoms with van der Waals surface area (Å²) in [6.45, 7) is 1.30. The largest absolute Gasteiger partial charge is 0.495 e. The number of carbonyl (C=O) groups excluding carboxylic acids is 2. The van der Waals surface area contributed by atoms with Crippen LogP contribution < -0.4 is 14.8 Å². The summed E-state index contributed by atoms with van der Waals surface area (Å²) in [5, 5.41) is 3.30. The number of halogens is 1. The number of ether oxygens (including phenoxy) is 2. The maximum atomic E-state index is 12.6. The highest BCUT2D eigenvalue weighted by molar-refractivity contribution is 6.32. The number of furan rings is 1. The zero-order valence-corrected chi connectivity index (χ0v) is 17.3. The first-order chi connectivity index (χ1) is 14.0. The van der Waals surface area contributed by atoms with E-state index < -0.39 is 0 Å². The second-order valence-corrected chi connectivity index (χ2v) is 7.43. The molecule has 1 aromatic carbocycles. The average Bonchev–Trinajstić information content (AvgIpc) is 3.21. The number of hydrogen-bond acceptors (Lipinski definition) is 5. The van der Waals surface area contributed by atoms with Crippen LogP contribution in [0.1, 0.15) is 36.2 Å². The minimum Gasteiger partial charge on any atom is -0.495 e. The number of rotatable bonds is 7. The Morgan fingerprint density at radius 1 is 1.24 bits per heavy atom. The average molecular weight is 421 g/mol. The quantitative estimate of drug-likeness (QED) is 0.725. The molecule has 1 atom stereocenters. The molecule has 2 amide bonds. The maximum absolute atomic E-state index is 12.6. The molecule has 1 saturated heterocycles. The molecule has 0 unspecified atom stereocenters. The molecule has 1 fully saturated rings. The van der Waals surface area contributed by atoms with Crippen molar-refractivity contribution in [1.29, 1.82) is 0 Å².